The summed E-state index contributed by atoms with van der Waals surface area (Å²) in [5.74, 6) is 1.95. The van der Waals surface area contributed by atoms with E-state index in [0.717, 1.165) is 17.2 Å². The van der Waals surface area contributed by atoms with E-state index < -0.39 is 5.82 Å². The molecule has 0 aliphatic rings. The Hall–Kier alpha value is -1.88. The molecule has 21 heavy (non-hydrogen) atoms. The molecule has 0 aliphatic heterocycles. The van der Waals surface area contributed by atoms with Crippen LogP contribution < -0.4 is 10.6 Å². The van der Waals surface area contributed by atoms with Gasteiger partial charge in [-0.3, -0.25) is 0 Å². The molecule has 2 rings (SSSR count). The summed E-state index contributed by atoms with van der Waals surface area (Å²) in [6, 6.07) is 4.48. The third kappa shape index (κ3) is 3.42. The molecule has 1 heterocycles. The highest BCUT2D eigenvalue weighted by Crippen LogP contribution is 2.27. The van der Waals surface area contributed by atoms with Crippen LogP contribution in [0, 0.1) is 12.7 Å². The van der Waals surface area contributed by atoms with Gasteiger partial charge in [0.25, 0.3) is 0 Å². The number of benzene rings is 1. The van der Waals surface area contributed by atoms with Gasteiger partial charge in [0.2, 0.25) is 0 Å². The van der Waals surface area contributed by atoms with Crippen molar-refractivity contribution < 1.29 is 4.39 Å². The average Bonchev–Trinajstić information content (AvgIpc) is 2.44. The van der Waals surface area contributed by atoms with E-state index in [1.54, 1.807) is 6.07 Å². The standard InChI is InChI=1S/C15H18ClFN4/c1-8(2)13-20-14(18-4)9(3)15(21-13)19-10-5-6-12(17)11(16)7-10/h5-8H,1-4H3,(H2,18,19,20,21). The highest BCUT2D eigenvalue weighted by atomic mass is 35.5. The molecule has 0 spiro atoms. The zero-order chi connectivity index (χ0) is 15.6. The van der Waals surface area contributed by atoms with Crippen molar-refractivity contribution in [1.29, 1.82) is 0 Å². The monoisotopic (exact) mass is 308 g/mol. The van der Waals surface area contributed by atoms with Gasteiger partial charge < -0.3 is 10.6 Å². The zero-order valence-corrected chi connectivity index (χ0v) is 13.2. The van der Waals surface area contributed by atoms with Crippen molar-refractivity contribution >= 4 is 28.9 Å². The number of aromatic nitrogens is 2. The highest BCUT2D eigenvalue weighted by molar-refractivity contribution is 6.31. The summed E-state index contributed by atoms with van der Waals surface area (Å²) >= 11 is 5.80. The SMILES string of the molecule is CNc1nc(C(C)C)nc(Nc2ccc(F)c(Cl)c2)c1C. The minimum absolute atomic E-state index is 0.0737. The quantitative estimate of drug-likeness (QED) is 0.874. The van der Waals surface area contributed by atoms with Crippen LogP contribution >= 0.6 is 11.6 Å². The summed E-state index contributed by atoms with van der Waals surface area (Å²) in [6.07, 6.45) is 0. The number of nitrogens with zero attached hydrogens (tertiary/aromatic N) is 2. The van der Waals surface area contributed by atoms with Crippen LogP contribution in [0.25, 0.3) is 0 Å². The van der Waals surface area contributed by atoms with Crippen LogP contribution in [0.1, 0.15) is 31.2 Å². The first-order chi connectivity index (χ1) is 9.92. The Morgan fingerprint density at radius 1 is 1.19 bits per heavy atom. The lowest BCUT2D eigenvalue weighted by molar-refractivity contribution is 0.628. The molecule has 2 N–H and O–H groups in total. The molecule has 0 atom stereocenters. The molecule has 1 aromatic heterocycles. The van der Waals surface area contributed by atoms with Crippen LogP contribution in [0.5, 0.6) is 0 Å². The predicted octanol–water partition coefficient (Wildman–Crippen LogP) is 4.49. The summed E-state index contributed by atoms with van der Waals surface area (Å²) in [5, 5.41) is 6.30. The summed E-state index contributed by atoms with van der Waals surface area (Å²) < 4.78 is 13.2. The first kappa shape index (κ1) is 15.5. The Morgan fingerprint density at radius 3 is 2.43 bits per heavy atom. The number of hydrogen-bond acceptors (Lipinski definition) is 4. The van der Waals surface area contributed by atoms with Crippen molar-refractivity contribution in [3.8, 4) is 0 Å². The van der Waals surface area contributed by atoms with E-state index in [2.05, 4.69) is 20.6 Å². The van der Waals surface area contributed by atoms with Gasteiger partial charge >= 0.3 is 0 Å². The maximum absolute atomic E-state index is 13.2. The molecule has 0 saturated carbocycles. The van der Waals surface area contributed by atoms with Gasteiger partial charge in [-0.2, -0.15) is 0 Å². The van der Waals surface area contributed by atoms with Crippen molar-refractivity contribution in [1.82, 2.24) is 9.97 Å². The molecule has 0 fully saturated rings. The molecule has 6 heteroatoms. The van der Waals surface area contributed by atoms with Gasteiger partial charge in [0.15, 0.2) is 0 Å². The second-order valence-electron chi connectivity index (χ2n) is 5.06. The molecule has 4 nitrogen and oxygen atoms in total. The predicted molar refractivity (Wildman–Crippen MR) is 85.1 cm³/mol. The third-order valence-corrected chi connectivity index (χ3v) is 3.39. The van der Waals surface area contributed by atoms with Gasteiger partial charge in [-0.1, -0.05) is 25.4 Å². The second kappa shape index (κ2) is 6.26. The van der Waals surface area contributed by atoms with Crippen molar-refractivity contribution in [2.45, 2.75) is 26.7 Å². The van der Waals surface area contributed by atoms with Crippen molar-refractivity contribution in [2.24, 2.45) is 0 Å². The van der Waals surface area contributed by atoms with Crippen molar-refractivity contribution in [3.63, 3.8) is 0 Å². The molecule has 0 aliphatic carbocycles. The van der Waals surface area contributed by atoms with Gasteiger partial charge in [-0.25, -0.2) is 14.4 Å². The Labute approximate surface area is 128 Å². The third-order valence-electron chi connectivity index (χ3n) is 3.10. The Morgan fingerprint density at radius 2 is 1.86 bits per heavy atom. The maximum atomic E-state index is 13.2. The van der Waals surface area contributed by atoms with Gasteiger partial charge in [0.1, 0.15) is 23.3 Å². The minimum atomic E-state index is -0.444. The summed E-state index contributed by atoms with van der Waals surface area (Å²) in [4.78, 5) is 9.00. The summed E-state index contributed by atoms with van der Waals surface area (Å²) in [5.41, 5.74) is 1.57. The van der Waals surface area contributed by atoms with Crippen LogP contribution in [0.3, 0.4) is 0 Å². The molecular weight excluding hydrogens is 291 g/mol. The van der Waals surface area contributed by atoms with Crippen LogP contribution in [0.15, 0.2) is 18.2 Å². The van der Waals surface area contributed by atoms with E-state index in [4.69, 9.17) is 11.6 Å². The van der Waals surface area contributed by atoms with E-state index >= 15 is 0 Å². The number of nitrogens with one attached hydrogen (secondary N) is 2. The summed E-state index contributed by atoms with van der Waals surface area (Å²) in [7, 11) is 1.82. The molecule has 0 amide bonds. The fourth-order valence-electron chi connectivity index (χ4n) is 1.87. The van der Waals surface area contributed by atoms with Gasteiger partial charge in [0, 0.05) is 24.2 Å². The molecule has 0 saturated heterocycles. The fraction of sp³-hybridized carbons (Fsp3) is 0.333. The highest BCUT2D eigenvalue weighted by Gasteiger charge is 2.13. The van der Waals surface area contributed by atoms with Gasteiger partial charge in [0.05, 0.1) is 5.02 Å². The lowest BCUT2D eigenvalue weighted by Crippen LogP contribution is -2.08. The average molecular weight is 309 g/mol. The minimum Gasteiger partial charge on any atom is -0.373 e. The number of rotatable bonds is 4. The van der Waals surface area contributed by atoms with E-state index in [1.807, 2.05) is 27.8 Å². The van der Waals surface area contributed by atoms with E-state index in [1.165, 1.54) is 12.1 Å². The molecule has 2 aromatic rings. The molecule has 1 aromatic carbocycles. The normalized spacial score (nSPS) is 10.8. The van der Waals surface area contributed by atoms with E-state index in [0.29, 0.717) is 11.5 Å². The second-order valence-corrected chi connectivity index (χ2v) is 5.47. The van der Waals surface area contributed by atoms with Gasteiger partial charge in [-0.15, -0.1) is 0 Å². The Kier molecular flexibility index (Phi) is 4.63. The maximum Gasteiger partial charge on any atom is 0.141 e. The lowest BCUT2D eigenvalue weighted by atomic mass is 10.2. The fourth-order valence-corrected chi connectivity index (χ4v) is 2.05. The van der Waals surface area contributed by atoms with Crippen LogP contribution in [-0.4, -0.2) is 17.0 Å². The molecule has 112 valence electrons. The Bertz CT molecular complexity index is 658. The number of anilines is 3. The molecule has 0 unspecified atom stereocenters. The lowest BCUT2D eigenvalue weighted by Gasteiger charge is -2.15. The largest absolute Gasteiger partial charge is 0.373 e. The smallest absolute Gasteiger partial charge is 0.141 e. The van der Waals surface area contributed by atoms with E-state index in [9.17, 15) is 4.39 Å². The van der Waals surface area contributed by atoms with Gasteiger partial charge in [-0.05, 0) is 25.1 Å². The van der Waals surface area contributed by atoms with Crippen LogP contribution in [0.2, 0.25) is 5.02 Å². The van der Waals surface area contributed by atoms with Crippen molar-refractivity contribution in [3.05, 3.63) is 40.4 Å². The van der Waals surface area contributed by atoms with Crippen molar-refractivity contribution in [2.75, 3.05) is 17.7 Å². The van der Waals surface area contributed by atoms with Crippen LogP contribution in [-0.2, 0) is 0 Å². The zero-order valence-electron chi connectivity index (χ0n) is 12.5. The topological polar surface area (TPSA) is 49.8 Å². The van der Waals surface area contributed by atoms with Crippen LogP contribution in [0.4, 0.5) is 21.7 Å². The first-order valence-electron chi connectivity index (χ1n) is 6.70. The Balaban J connectivity index is 2.42. The molecule has 0 radical (unpaired) electrons. The van der Waals surface area contributed by atoms with E-state index in [-0.39, 0.29) is 10.9 Å². The molecule has 0 bridgehead atoms. The number of hydrogen-bond donors (Lipinski definition) is 2. The first-order valence-corrected chi connectivity index (χ1v) is 7.08. The summed E-state index contributed by atoms with van der Waals surface area (Å²) in [6.45, 7) is 5.98. The number of halogens is 2. The molecular formula is C15H18ClFN4.